The van der Waals surface area contributed by atoms with Crippen molar-refractivity contribution in [1.82, 2.24) is 15.0 Å². The molecule has 0 aliphatic heterocycles. The maximum absolute atomic E-state index is 11.9. The number of hydrogen-bond donors (Lipinski definition) is 1. The molecular weight excluding hydrogens is 328 g/mol. The zero-order valence-electron chi connectivity index (χ0n) is 13.2. The van der Waals surface area contributed by atoms with Gasteiger partial charge in [-0.15, -0.1) is 10.2 Å². The Hall–Kier alpha value is -2.60. The summed E-state index contributed by atoms with van der Waals surface area (Å²) in [6, 6.07) is 10.3. The van der Waals surface area contributed by atoms with Crippen LogP contribution in [0.4, 0.5) is 5.69 Å². The van der Waals surface area contributed by atoms with E-state index in [2.05, 4.69) is 10.2 Å². The van der Waals surface area contributed by atoms with E-state index < -0.39 is 0 Å². The number of rotatable bonds is 5. The number of nitrogens with zero attached hydrogens (tertiary/aromatic N) is 3. The van der Waals surface area contributed by atoms with E-state index in [0.717, 1.165) is 18.5 Å². The van der Waals surface area contributed by atoms with Gasteiger partial charge in [-0.05, 0) is 42.8 Å². The molecule has 6 nitrogen and oxygen atoms in total. The van der Waals surface area contributed by atoms with E-state index in [1.807, 2.05) is 6.92 Å². The van der Waals surface area contributed by atoms with Crippen molar-refractivity contribution in [3.8, 4) is 5.69 Å². The van der Waals surface area contributed by atoms with Crippen LogP contribution in [-0.2, 0) is 4.74 Å². The Morgan fingerprint density at radius 1 is 1.21 bits per heavy atom. The van der Waals surface area contributed by atoms with Crippen molar-refractivity contribution in [3.05, 3.63) is 47.0 Å². The molecule has 0 atom stereocenters. The highest BCUT2D eigenvalue weighted by atomic mass is 35.5. The number of esters is 1. The number of hydrogen-bond acceptors (Lipinski definition) is 5. The summed E-state index contributed by atoms with van der Waals surface area (Å²) in [4.78, 5) is 13.4. The van der Waals surface area contributed by atoms with Crippen LogP contribution in [0.3, 0.4) is 0 Å². The second-order valence-electron chi connectivity index (χ2n) is 5.39. The molecule has 124 valence electrons. The molecule has 0 saturated carbocycles. The maximum atomic E-state index is 11.9. The fourth-order valence-corrected chi connectivity index (χ4v) is 2.35. The summed E-state index contributed by atoms with van der Waals surface area (Å²) in [6.07, 6.45) is 1.85. The third kappa shape index (κ3) is 3.33. The summed E-state index contributed by atoms with van der Waals surface area (Å²) >= 11 is 6.00. The molecule has 3 rings (SSSR count). The van der Waals surface area contributed by atoms with Crippen molar-refractivity contribution in [2.24, 2.45) is 0 Å². The molecule has 0 fully saturated rings. The molecule has 2 aromatic carbocycles. The highest BCUT2D eigenvalue weighted by molar-refractivity contribution is 6.33. The fraction of sp³-hybridized carbons (Fsp3) is 0.235. The van der Waals surface area contributed by atoms with Gasteiger partial charge in [-0.3, -0.25) is 0 Å². The Labute approximate surface area is 144 Å². The van der Waals surface area contributed by atoms with Crippen LogP contribution >= 0.6 is 11.6 Å². The predicted molar refractivity (Wildman–Crippen MR) is 93.5 cm³/mol. The molecule has 0 bridgehead atoms. The quantitative estimate of drug-likeness (QED) is 0.434. The molecule has 1 heterocycles. The smallest absolute Gasteiger partial charge is 0.338 e. The van der Waals surface area contributed by atoms with Crippen molar-refractivity contribution >= 4 is 34.3 Å². The molecule has 24 heavy (non-hydrogen) atoms. The zero-order chi connectivity index (χ0) is 17.1. The standard InChI is InChI=1S/C17H17ClN4O2/c1-2-3-8-24-17(23)11-4-6-12(7-5-11)22-20-15-9-13(18)14(19)10-16(15)21-22/h4-7,9-10H,2-3,8,19H2,1H3. The van der Waals surface area contributed by atoms with Gasteiger partial charge >= 0.3 is 5.97 Å². The average molecular weight is 345 g/mol. The summed E-state index contributed by atoms with van der Waals surface area (Å²) in [7, 11) is 0. The number of halogens is 1. The summed E-state index contributed by atoms with van der Waals surface area (Å²) in [6.45, 7) is 2.48. The number of nitrogens with two attached hydrogens (primary N) is 1. The first-order valence-corrected chi connectivity index (χ1v) is 8.06. The third-order valence-corrected chi connectivity index (χ3v) is 3.89. The maximum Gasteiger partial charge on any atom is 0.338 e. The number of fused-ring (bicyclic) bond motifs is 1. The molecule has 0 aliphatic carbocycles. The summed E-state index contributed by atoms with van der Waals surface area (Å²) < 4.78 is 5.18. The number of carbonyl (C=O) groups is 1. The van der Waals surface area contributed by atoms with Crippen molar-refractivity contribution < 1.29 is 9.53 Å². The topological polar surface area (TPSA) is 83.0 Å². The fourth-order valence-electron chi connectivity index (χ4n) is 2.19. The summed E-state index contributed by atoms with van der Waals surface area (Å²) in [5.41, 5.74) is 8.77. The van der Waals surface area contributed by atoms with Crippen molar-refractivity contribution in [2.75, 3.05) is 12.3 Å². The first-order chi connectivity index (χ1) is 11.6. The molecule has 0 saturated heterocycles. The van der Waals surface area contributed by atoms with Gasteiger partial charge in [0.25, 0.3) is 0 Å². The van der Waals surface area contributed by atoms with E-state index in [0.29, 0.717) is 33.9 Å². The van der Waals surface area contributed by atoms with Crippen LogP contribution in [0.2, 0.25) is 5.02 Å². The van der Waals surface area contributed by atoms with Gasteiger partial charge in [-0.25, -0.2) is 4.79 Å². The predicted octanol–water partition coefficient (Wildman–Crippen LogP) is 3.61. The van der Waals surface area contributed by atoms with E-state index in [9.17, 15) is 4.79 Å². The molecule has 3 aromatic rings. The molecule has 0 aliphatic rings. The van der Waals surface area contributed by atoms with E-state index in [1.165, 1.54) is 4.80 Å². The lowest BCUT2D eigenvalue weighted by Gasteiger charge is -2.04. The van der Waals surface area contributed by atoms with E-state index in [4.69, 9.17) is 22.1 Å². The second-order valence-corrected chi connectivity index (χ2v) is 5.80. The minimum atomic E-state index is -0.326. The number of unbranched alkanes of at least 4 members (excludes halogenated alkanes) is 1. The molecule has 0 unspecified atom stereocenters. The van der Waals surface area contributed by atoms with Crippen LogP contribution in [0.1, 0.15) is 30.1 Å². The largest absolute Gasteiger partial charge is 0.462 e. The monoisotopic (exact) mass is 344 g/mol. The Morgan fingerprint density at radius 2 is 1.88 bits per heavy atom. The van der Waals surface area contributed by atoms with Gasteiger partial charge in [0.15, 0.2) is 0 Å². The van der Waals surface area contributed by atoms with Crippen LogP contribution in [0.15, 0.2) is 36.4 Å². The molecule has 0 radical (unpaired) electrons. The lowest BCUT2D eigenvalue weighted by molar-refractivity contribution is 0.0500. The van der Waals surface area contributed by atoms with Gasteiger partial charge in [0.2, 0.25) is 0 Å². The number of ether oxygens (including phenoxy) is 1. The lowest BCUT2D eigenvalue weighted by Crippen LogP contribution is -2.07. The SMILES string of the molecule is CCCCOC(=O)c1ccc(-n2nc3cc(N)c(Cl)cc3n2)cc1. The normalized spacial score (nSPS) is 10.9. The Kier molecular flexibility index (Phi) is 4.66. The highest BCUT2D eigenvalue weighted by Gasteiger charge is 2.10. The number of anilines is 1. The second kappa shape index (κ2) is 6.88. The minimum absolute atomic E-state index is 0.326. The van der Waals surface area contributed by atoms with Crippen LogP contribution < -0.4 is 5.73 Å². The van der Waals surface area contributed by atoms with E-state index >= 15 is 0 Å². The van der Waals surface area contributed by atoms with Crippen molar-refractivity contribution in [1.29, 1.82) is 0 Å². The van der Waals surface area contributed by atoms with E-state index in [1.54, 1.807) is 36.4 Å². The molecule has 0 amide bonds. The van der Waals surface area contributed by atoms with Gasteiger partial charge in [-0.1, -0.05) is 24.9 Å². The Bertz CT molecular complexity index is 835. The number of nitrogen functional groups attached to an aromatic ring is 1. The summed E-state index contributed by atoms with van der Waals surface area (Å²) in [5.74, 6) is -0.326. The molecule has 7 heteroatoms. The van der Waals surface area contributed by atoms with Gasteiger partial charge in [0, 0.05) is 0 Å². The first-order valence-electron chi connectivity index (χ1n) is 7.68. The molecule has 2 N–H and O–H groups in total. The molecular formula is C17H17ClN4O2. The summed E-state index contributed by atoms with van der Waals surface area (Å²) in [5, 5.41) is 9.18. The number of benzene rings is 2. The van der Waals surface area contributed by atoms with Gasteiger partial charge in [0.1, 0.15) is 11.0 Å². The van der Waals surface area contributed by atoms with Crippen molar-refractivity contribution in [2.45, 2.75) is 19.8 Å². The number of aromatic nitrogens is 3. The van der Waals surface area contributed by atoms with Crippen LogP contribution in [0, 0.1) is 0 Å². The molecule has 1 aromatic heterocycles. The average Bonchev–Trinajstić information content (AvgIpc) is 2.98. The van der Waals surface area contributed by atoms with E-state index in [-0.39, 0.29) is 5.97 Å². The van der Waals surface area contributed by atoms with Gasteiger partial charge in [-0.2, -0.15) is 4.80 Å². The lowest BCUT2D eigenvalue weighted by atomic mass is 10.2. The Balaban J connectivity index is 1.81. The van der Waals surface area contributed by atoms with Gasteiger partial charge in [0.05, 0.1) is 28.6 Å². The Morgan fingerprint density at radius 3 is 2.54 bits per heavy atom. The number of carbonyl (C=O) groups excluding carboxylic acids is 1. The first kappa shape index (κ1) is 16.3. The third-order valence-electron chi connectivity index (χ3n) is 3.56. The minimum Gasteiger partial charge on any atom is -0.462 e. The van der Waals surface area contributed by atoms with Crippen LogP contribution in [0.25, 0.3) is 16.7 Å². The van der Waals surface area contributed by atoms with Crippen molar-refractivity contribution in [3.63, 3.8) is 0 Å². The molecule has 0 spiro atoms. The van der Waals surface area contributed by atoms with Crippen LogP contribution in [0.5, 0.6) is 0 Å². The zero-order valence-corrected chi connectivity index (χ0v) is 14.0. The highest BCUT2D eigenvalue weighted by Crippen LogP contribution is 2.24. The van der Waals surface area contributed by atoms with Gasteiger partial charge < -0.3 is 10.5 Å². The van der Waals surface area contributed by atoms with Crippen LogP contribution in [-0.4, -0.2) is 27.6 Å².